The van der Waals surface area contributed by atoms with Crippen LogP contribution in [0, 0.1) is 0 Å². The first-order valence-electron chi connectivity index (χ1n) is 8.28. The van der Waals surface area contributed by atoms with Gasteiger partial charge < -0.3 is 0 Å². The fourth-order valence-corrected chi connectivity index (χ4v) is 4.09. The van der Waals surface area contributed by atoms with Gasteiger partial charge in [-0.15, -0.1) is 0 Å². The van der Waals surface area contributed by atoms with E-state index in [1.807, 2.05) is 10.9 Å². The van der Waals surface area contributed by atoms with Crippen LogP contribution in [-0.4, -0.2) is 51.8 Å². The molecule has 3 heterocycles. The predicted octanol–water partition coefficient (Wildman–Crippen LogP) is 1.89. The molecule has 130 valence electrons. The maximum absolute atomic E-state index is 11.9. The molecule has 0 aliphatic carbocycles. The third-order valence-electron chi connectivity index (χ3n) is 4.33. The lowest BCUT2D eigenvalue weighted by Crippen LogP contribution is -2.38. The SMILES string of the molecule is CCCn1cc(-c2nccnc2[C@H]2CCCN(S(C)(=O)=O)C2)cn1. The van der Waals surface area contributed by atoms with Gasteiger partial charge in [0.2, 0.25) is 10.0 Å². The summed E-state index contributed by atoms with van der Waals surface area (Å²) in [6.45, 7) is 4.02. The molecule has 1 aliphatic heterocycles. The Kier molecular flexibility index (Phi) is 4.96. The van der Waals surface area contributed by atoms with Crippen molar-refractivity contribution in [2.45, 2.75) is 38.6 Å². The quantitative estimate of drug-likeness (QED) is 0.823. The van der Waals surface area contributed by atoms with Gasteiger partial charge in [-0.25, -0.2) is 12.7 Å². The molecule has 0 N–H and O–H groups in total. The molecule has 0 unspecified atom stereocenters. The van der Waals surface area contributed by atoms with Gasteiger partial charge in [-0.1, -0.05) is 6.92 Å². The van der Waals surface area contributed by atoms with Gasteiger partial charge in [0.15, 0.2) is 0 Å². The molecule has 0 spiro atoms. The maximum Gasteiger partial charge on any atom is 0.211 e. The van der Waals surface area contributed by atoms with E-state index in [9.17, 15) is 8.42 Å². The van der Waals surface area contributed by atoms with E-state index in [2.05, 4.69) is 22.0 Å². The molecule has 0 bridgehead atoms. The predicted molar refractivity (Wildman–Crippen MR) is 91.9 cm³/mol. The highest BCUT2D eigenvalue weighted by atomic mass is 32.2. The molecule has 1 aliphatic rings. The number of hydrogen-bond acceptors (Lipinski definition) is 5. The van der Waals surface area contributed by atoms with Crippen LogP contribution in [0.15, 0.2) is 24.8 Å². The molecule has 0 saturated carbocycles. The highest BCUT2D eigenvalue weighted by Crippen LogP contribution is 2.32. The minimum atomic E-state index is -3.18. The summed E-state index contributed by atoms with van der Waals surface area (Å²) >= 11 is 0. The highest BCUT2D eigenvalue weighted by Gasteiger charge is 2.29. The number of rotatable bonds is 5. The molecular weight excluding hydrogens is 326 g/mol. The molecule has 3 rings (SSSR count). The van der Waals surface area contributed by atoms with E-state index in [0.717, 1.165) is 42.8 Å². The summed E-state index contributed by atoms with van der Waals surface area (Å²) in [5.74, 6) is 0.0618. The zero-order valence-electron chi connectivity index (χ0n) is 14.1. The van der Waals surface area contributed by atoms with Gasteiger partial charge in [0.25, 0.3) is 0 Å². The lowest BCUT2D eigenvalue weighted by Gasteiger charge is -2.31. The normalized spacial score (nSPS) is 19.5. The Morgan fingerprint density at radius 2 is 2.08 bits per heavy atom. The Bertz CT molecular complexity index is 802. The van der Waals surface area contributed by atoms with Crippen LogP contribution in [0.4, 0.5) is 0 Å². The van der Waals surface area contributed by atoms with Gasteiger partial charge in [0.1, 0.15) is 0 Å². The van der Waals surface area contributed by atoms with Crippen LogP contribution in [0.2, 0.25) is 0 Å². The zero-order chi connectivity index (χ0) is 17.2. The average molecular weight is 349 g/mol. The van der Waals surface area contributed by atoms with Gasteiger partial charge in [-0.2, -0.15) is 5.10 Å². The maximum atomic E-state index is 11.9. The topological polar surface area (TPSA) is 81.0 Å². The second-order valence-electron chi connectivity index (χ2n) is 6.24. The van der Waals surface area contributed by atoms with Crippen LogP contribution in [0.3, 0.4) is 0 Å². The molecule has 2 aromatic heterocycles. The van der Waals surface area contributed by atoms with E-state index in [4.69, 9.17) is 0 Å². The molecule has 8 heteroatoms. The van der Waals surface area contributed by atoms with E-state index < -0.39 is 10.0 Å². The number of aryl methyl sites for hydroxylation is 1. The van der Waals surface area contributed by atoms with Crippen LogP contribution in [0.1, 0.15) is 37.8 Å². The third kappa shape index (κ3) is 3.64. The number of piperidine rings is 1. The van der Waals surface area contributed by atoms with Crippen LogP contribution in [-0.2, 0) is 16.6 Å². The van der Waals surface area contributed by atoms with Crippen LogP contribution < -0.4 is 0 Å². The van der Waals surface area contributed by atoms with Crippen molar-refractivity contribution in [1.82, 2.24) is 24.1 Å². The minimum absolute atomic E-state index is 0.0618. The summed E-state index contributed by atoms with van der Waals surface area (Å²) in [6, 6.07) is 0. The standard InChI is InChI=1S/C16H23N5O2S/c1-3-8-20-11-14(10-19-20)16-15(17-6-7-18-16)13-5-4-9-21(12-13)24(2,22)23/h6-7,10-11,13H,3-5,8-9,12H2,1-2H3/t13-/m0/s1. The Hall–Kier alpha value is -1.80. The molecule has 0 radical (unpaired) electrons. The van der Waals surface area contributed by atoms with Crippen LogP contribution in [0.25, 0.3) is 11.3 Å². The van der Waals surface area contributed by atoms with Gasteiger partial charge in [-0.05, 0) is 19.3 Å². The zero-order valence-corrected chi connectivity index (χ0v) is 14.9. The van der Waals surface area contributed by atoms with Crippen molar-refractivity contribution in [3.8, 4) is 11.3 Å². The molecule has 24 heavy (non-hydrogen) atoms. The first-order valence-corrected chi connectivity index (χ1v) is 10.1. The summed E-state index contributed by atoms with van der Waals surface area (Å²) in [7, 11) is -3.18. The van der Waals surface area contributed by atoms with Crippen molar-refractivity contribution in [2.24, 2.45) is 0 Å². The number of nitrogens with zero attached hydrogens (tertiary/aromatic N) is 5. The Labute approximate surface area is 142 Å². The summed E-state index contributed by atoms with van der Waals surface area (Å²) in [6.07, 6.45) is 11.2. The third-order valence-corrected chi connectivity index (χ3v) is 5.60. The first kappa shape index (κ1) is 17.0. The molecule has 0 aromatic carbocycles. The largest absolute Gasteiger partial charge is 0.272 e. The van der Waals surface area contributed by atoms with Crippen molar-refractivity contribution >= 4 is 10.0 Å². The Balaban J connectivity index is 1.91. The second-order valence-corrected chi connectivity index (χ2v) is 8.22. The monoisotopic (exact) mass is 349 g/mol. The van der Waals surface area contributed by atoms with Crippen molar-refractivity contribution in [1.29, 1.82) is 0 Å². The Morgan fingerprint density at radius 3 is 2.83 bits per heavy atom. The van der Waals surface area contributed by atoms with E-state index in [0.29, 0.717) is 13.1 Å². The van der Waals surface area contributed by atoms with Crippen molar-refractivity contribution < 1.29 is 8.42 Å². The van der Waals surface area contributed by atoms with E-state index in [1.165, 1.54) is 6.26 Å². The van der Waals surface area contributed by atoms with Gasteiger partial charge >= 0.3 is 0 Å². The summed E-state index contributed by atoms with van der Waals surface area (Å²) in [5.41, 5.74) is 2.60. The van der Waals surface area contributed by atoms with Crippen LogP contribution >= 0.6 is 0 Å². The molecule has 0 amide bonds. The number of sulfonamides is 1. The van der Waals surface area contributed by atoms with Gasteiger partial charge in [0, 0.05) is 49.7 Å². The molecule has 7 nitrogen and oxygen atoms in total. The molecular formula is C16H23N5O2S. The van der Waals surface area contributed by atoms with Gasteiger partial charge in [-0.3, -0.25) is 14.6 Å². The lowest BCUT2D eigenvalue weighted by molar-refractivity contribution is 0.314. The van der Waals surface area contributed by atoms with Crippen molar-refractivity contribution in [2.75, 3.05) is 19.3 Å². The van der Waals surface area contributed by atoms with Crippen molar-refractivity contribution in [3.63, 3.8) is 0 Å². The first-order chi connectivity index (χ1) is 11.5. The molecule has 1 saturated heterocycles. The highest BCUT2D eigenvalue weighted by molar-refractivity contribution is 7.88. The Morgan fingerprint density at radius 1 is 1.29 bits per heavy atom. The molecule has 1 atom stereocenters. The minimum Gasteiger partial charge on any atom is -0.272 e. The van der Waals surface area contributed by atoms with Gasteiger partial charge in [0.05, 0.1) is 23.8 Å². The van der Waals surface area contributed by atoms with E-state index >= 15 is 0 Å². The number of aromatic nitrogens is 4. The van der Waals surface area contributed by atoms with E-state index in [1.54, 1.807) is 22.9 Å². The fraction of sp³-hybridized carbons (Fsp3) is 0.562. The molecule has 2 aromatic rings. The fourth-order valence-electron chi connectivity index (χ4n) is 3.17. The summed E-state index contributed by atoms with van der Waals surface area (Å²) in [4.78, 5) is 9.03. The second kappa shape index (κ2) is 6.98. The number of hydrogen-bond donors (Lipinski definition) is 0. The molecule has 1 fully saturated rings. The van der Waals surface area contributed by atoms with Crippen molar-refractivity contribution in [3.05, 3.63) is 30.5 Å². The summed E-state index contributed by atoms with van der Waals surface area (Å²) in [5, 5.41) is 4.37. The lowest BCUT2D eigenvalue weighted by atomic mass is 9.93. The summed E-state index contributed by atoms with van der Waals surface area (Å²) < 4.78 is 27.2. The smallest absolute Gasteiger partial charge is 0.211 e. The average Bonchev–Trinajstić information content (AvgIpc) is 3.03. The van der Waals surface area contributed by atoms with Crippen LogP contribution in [0.5, 0.6) is 0 Å². The van der Waals surface area contributed by atoms with E-state index in [-0.39, 0.29) is 5.92 Å².